The average molecular weight is 468 g/mol. The first-order valence-electron chi connectivity index (χ1n) is 9.79. The van der Waals surface area contributed by atoms with Crippen LogP contribution in [0.15, 0.2) is 24.3 Å². The van der Waals surface area contributed by atoms with Crippen molar-refractivity contribution in [2.45, 2.75) is 58.4 Å². The zero-order valence-electron chi connectivity index (χ0n) is 18.3. The number of carboxylic acid groups (broad SMARTS) is 1. The molecule has 12 heteroatoms. The van der Waals surface area contributed by atoms with Crippen LogP contribution in [0, 0.1) is 0 Å². The van der Waals surface area contributed by atoms with E-state index < -0.39 is 67.2 Å². The maximum absolute atomic E-state index is 11.8. The molecule has 1 aromatic carbocycles. The van der Waals surface area contributed by atoms with Crippen LogP contribution in [-0.4, -0.2) is 72.3 Å². The Labute approximate surface area is 188 Å². The van der Waals surface area contributed by atoms with Crippen LogP contribution < -0.4 is 4.74 Å². The molecule has 0 saturated carbocycles. The Morgan fingerprint density at radius 2 is 1.36 bits per heavy atom. The van der Waals surface area contributed by atoms with Crippen molar-refractivity contribution in [2.75, 3.05) is 6.61 Å². The molecule has 1 heterocycles. The molecule has 0 bridgehead atoms. The topological polar surface area (TPSA) is 161 Å². The minimum absolute atomic E-state index is 0.133. The van der Waals surface area contributed by atoms with E-state index >= 15 is 0 Å². The van der Waals surface area contributed by atoms with Crippen molar-refractivity contribution in [1.29, 1.82) is 0 Å². The van der Waals surface area contributed by atoms with Crippen LogP contribution in [0.4, 0.5) is 0 Å². The molecule has 1 fully saturated rings. The number of para-hydroxylation sites is 1. The van der Waals surface area contributed by atoms with Crippen molar-refractivity contribution in [3.63, 3.8) is 0 Å². The van der Waals surface area contributed by atoms with Gasteiger partial charge in [-0.15, -0.1) is 0 Å². The molecule has 1 saturated heterocycles. The standard InChI is InChI=1S/C21H24O12/c1-10(22)28-9-16-17(29-11(2)23)18(30-12(3)24)19(31-13(4)25)21(33-16)32-15-8-6-5-7-14(15)20(26)27/h5-8,16-19,21H,9H2,1-4H3,(H,26,27)/t16?,17-,18-,19-,21+/m0/s1. The number of hydrogen-bond donors (Lipinski definition) is 1. The molecule has 1 N–H and O–H groups in total. The molecule has 0 spiro atoms. The first-order valence-corrected chi connectivity index (χ1v) is 9.79. The summed E-state index contributed by atoms with van der Waals surface area (Å²) in [6.07, 6.45) is -6.97. The number of carbonyl (C=O) groups excluding carboxylic acids is 4. The highest BCUT2D eigenvalue weighted by molar-refractivity contribution is 5.90. The maximum atomic E-state index is 11.8. The molecule has 0 aromatic heterocycles. The Kier molecular flexibility index (Phi) is 8.74. The van der Waals surface area contributed by atoms with E-state index in [1.807, 2.05) is 0 Å². The van der Waals surface area contributed by atoms with Gasteiger partial charge in [-0.1, -0.05) is 12.1 Å². The van der Waals surface area contributed by atoms with Gasteiger partial charge in [0.15, 0.2) is 12.2 Å². The van der Waals surface area contributed by atoms with Crippen LogP contribution in [0.3, 0.4) is 0 Å². The fourth-order valence-electron chi connectivity index (χ4n) is 3.15. The molecule has 1 unspecified atom stereocenters. The van der Waals surface area contributed by atoms with Crippen LogP contribution in [0.5, 0.6) is 5.75 Å². The van der Waals surface area contributed by atoms with Crippen molar-refractivity contribution < 1.29 is 57.5 Å². The molecule has 5 atom stereocenters. The number of hydrogen-bond acceptors (Lipinski definition) is 11. The lowest BCUT2D eigenvalue weighted by Crippen LogP contribution is -2.63. The smallest absolute Gasteiger partial charge is 0.339 e. The summed E-state index contributed by atoms with van der Waals surface area (Å²) >= 11 is 0. The molecule has 1 aromatic rings. The zero-order valence-corrected chi connectivity index (χ0v) is 18.3. The third kappa shape index (κ3) is 7.17. The predicted octanol–water partition coefficient (Wildman–Crippen LogP) is 0.847. The van der Waals surface area contributed by atoms with E-state index in [9.17, 15) is 29.1 Å². The monoisotopic (exact) mass is 468 g/mol. The van der Waals surface area contributed by atoms with Crippen molar-refractivity contribution in [2.24, 2.45) is 0 Å². The van der Waals surface area contributed by atoms with Crippen molar-refractivity contribution in [3.8, 4) is 5.75 Å². The van der Waals surface area contributed by atoms with E-state index in [1.165, 1.54) is 24.3 Å². The highest BCUT2D eigenvalue weighted by atomic mass is 16.7. The van der Waals surface area contributed by atoms with Crippen molar-refractivity contribution in [3.05, 3.63) is 29.8 Å². The van der Waals surface area contributed by atoms with E-state index in [4.69, 9.17) is 28.4 Å². The number of ether oxygens (including phenoxy) is 6. The predicted molar refractivity (Wildman–Crippen MR) is 106 cm³/mol. The van der Waals surface area contributed by atoms with Crippen molar-refractivity contribution >= 4 is 29.8 Å². The summed E-state index contributed by atoms with van der Waals surface area (Å²) in [5.74, 6) is -4.47. The van der Waals surface area contributed by atoms with Gasteiger partial charge in [-0.3, -0.25) is 19.2 Å². The van der Waals surface area contributed by atoms with Crippen LogP contribution in [0.25, 0.3) is 0 Å². The van der Waals surface area contributed by atoms with Gasteiger partial charge in [-0.25, -0.2) is 4.79 Å². The minimum Gasteiger partial charge on any atom is -0.478 e. The summed E-state index contributed by atoms with van der Waals surface area (Å²) in [4.78, 5) is 58.2. The number of aromatic carboxylic acids is 1. The quantitative estimate of drug-likeness (QED) is 0.423. The number of carboxylic acids is 1. The van der Waals surface area contributed by atoms with E-state index in [0.717, 1.165) is 27.7 Å². The molecule has 0 amide bonds. The molecule has 0 radical (unpaired) electrons. The van der Waals surface area contributed by atoms with Crippen LogP contribution >= 0.6 is 0 Å². The molecule has 2 rings (SSSR count). The molecular formula is C21H24O12. The second-order valence-corrected chi connectivity index (χ2v) is 6.99. The van der Waals surface area contributed by atoms with E-state index in [2.05, 4.69) is 0 Å². The number of carbonyl (C=O) groups is 5. The first-order chi connectivity index (χ1) is 15.5. The average Bonchev–Trinajstić information content (AvgIpc) is 2.70. The molecule has 1 aliphatic heterocycles. The zero-order chi connectivity index (χ0) is 24.7. The Morgan fingerprint density at radius 1 is 0.818 bits per heavy atom. The lowest BCUT2D eigenvalue weighted by Gasteiger charge is -2.44. The fourth-order valence-corrected chi connectivity index (χ4v) is 3.15. The van der Waals surface area contributed by atoms with Gasteiger partial charge in [0, 0.05) is 27.7 Å². The molecule has 180 valence electrons. The van der Waals surface area contributed by atoms with E-state index in [0.29, 0.717) is 0 Å². The van der Waals surface area contributed by atoms with Gasteiger partial charge in [-0.2, -0.15) is 0 Å². The molecule has 0 aliphatic carbocycles. The SMILES string of the molecule is CC(=O)OCC1O[C@@H](Oc2ccccc2C(=O)O)[C@@H](OC(C)=O)[C@@H](OC(C)=O)[C@H]1OC(C)=O. The lowest BCUT2D eigenvalue weighted by atomic mass is 9.98. The van der Waals surface area contributed by atoms with E-state index in [-0.39, 0.29) is 11.3 Å². The van der Waals surface area contributed by atoms with Crippen LogP contribution in [0.2, 0.25) is 0 Å². The van der Waals surface area contributed by atoms with Gasteiger partial charge in [0.1, 0.15) is 24.0 Å². The summed E-state index contributed by atoms with van der Waals surface area (Å²) in [6.45, 7) is 3.98. The van der Waals surface area contributed by atoms with E-state index in [1.54, 1.807) is 0 Å². The Morgan fingerprint density at radius 3 is 1.91 bits per heavy atom. The summed E-state index contributed by atoms with van der Waals surface area (Å²) in [7, 11) is 0. The maximum Gasteiger partial charge on any atom is 0.339 e. The highest BCUT2D eigenvalue weighted by Crippen LogP contribution is 2.32. The fraction of sp³-hybridized carbons (Fsp3) is 0.476. The first kappa shape index (κ1) is 25.6. The second kappa shape index (κ2) is 11.3. The summed E-state index contributed by atoms with van der Waals surface area (Å²) in [6, 6.07) is 5.61. The Hall–Kier alpha value is -3.67. The molecule has 33 heavy (non-hydrogen) atoms. The Balaban J connectivity index is 2.51. The highest BCUT2D eigenvalue weighted by Gasteiger charge is 2.53. The molecule has 1 aliphatic rings. The number of benzene rings is 1. The normalized spacial score (nSPS) is 24.2. The molecule has 12 nitrogen and oxygen atoms in total. The van der Waals surface area contributed by atoms with Gasteiger partial charge >= 0.3 is 29.8 Å². The largest absolute Gasteiger partial charge is 0.478 e. The van der Waals surface area contributed by atoms with Gasteiger partial charge in [-0.05, 0) is 12.1 Å². The Bertz CT molecular complexity index is 910. The number of esters is 4. The summed E-state index contributed by atoms with van der Waals surface area (Å²) in [5, 5.41) is 9.43. The minimum atomic E-state index is -1.52. The van der Waals surface area contributed by atoms with Gasteiger partial charge in [0.2, 0.25) is 12.4 Å². The molecular weight excluding hydrogens is 444 g/mol. The van der Waals surface area contributed by atoms with Crippen molar-refractivity contribution in [1.82, 2.24) is 0 Å². The van der Waals surface area contributed by atoms with Gasteiger partial charge in [0.25, 0.3) is 0 Å². The summed E-state index contributed by atoms with van der Waals surface area (Å²) in [5.41, 5.74) is -0.217. The number of rotatable bonds is 8. The third-order valence-electron chi connectivity index (χ3n) is 4.31. The van der Waals surface area contributed by atoms with Crippen LogP contribution in [0.1, 0.15) is 38.1 Å². The lowest BCUT2D eigenvalue weighted by molar-refractivity contribution is -0.288. The van der Waals surface area contributed by atoms with Gasteiger partial charge in [0.05, 0.1) is 0 Å². The second-order valence-electron chi connectivity index (χ2n) is 6.99. The van der Waals surface area contributed by atoms with Crippen LogP contribution in [-0.2, 0) is 42.9 Å². The van der Waals surface area contributed by atoms with Gasteiger partial charge < -0.3 is 33.5 Å². The summed E-state index contributed by atoms with van der Waals surface area (Å²) < 4.78 is 32.3. The third-order valence-corrected chi connectivity index (χ3v) is 4.31.